The van der Waals surface area contributed by atoms with Crippen molar-refractivity contribution < 1.29 is 9.90 Å². The molecule has 0 aliphatic carbocycles. The van der Waals surface area contributed by atoms with Crippen LogP contribution in [0.2, 0.25) is 0 Å². The molecule has 1 aliphatic heterocycles. The predicted octanol–water partition coefficient (Wildman–Crippen LogP) is 0.512. The van der Waals surface area contributed by atoms with E-state index >= 15 is 0 Å². The molecule has 4 rings (SSSR count). The number of amides is 1. The van der Waals surface area contributed by atoms with Crippen LogP contribution in [0.25, 0.3) is 22.3 Å². The minimum atomic E-state index is -1.67. The zero-order valence-corrected chi connectivity index (χ0v) is 15.1. The molecule has 0 saturated carbocycles. The van der Waals surface area contributed by atoms with Crippen LogP contribution in [0.1, 0.15) is 12.0 Å². The van der Waals surface area contributed by atoms with Crippen molar-refractivity contribution in [1.82, 2.24) is 19.9 Å². The van der Waals surface area contributed by atoms with Crippen molar-refractivity contribution in [2.75, 3.05) is 19.3 Å². The van der Waals surface area contributed by atoms with Gasteiger partial charge in [-0.05, 0) is 18.2 Å². The second-order valence-electron chi connectivity index (χ2n) is 6.67. The van der Waals surface area contributed by atoms with Crippen molar-refractivity contribution in [3.63, 3.8) is 0 Å². The zero-order valence-electron chi connectivity index (χ0n) is 15.1. The summed E-state index contributed by atoms with van der Waals surface area (Å²) in [6, 6.07) is 8.54. The molecular formula is C20H17N5O3. The Labute approximate surface area is 160 Å². The predicted molar refractivity (Wildman–Crippen MR) is 104 cm³/mol. The molecule has 2 aromatic heterocycles. The highest BCUT2D eigenvalue weighted by Gasteiger charge is 2.42. The van der Waals surface area contributed by atoms with Gasteiger partial charge in [0.2, 0.25) is 5.60 Å². The number of rotatable bonds is 1. The number of benzene rings is 1. The van der Waals surface area contributed by atoms with E-state index in [1.165, 1.54) is 11.1 Å². The highest BCUT2D eigenvalue weighted by molar-refractivity contribution is 5.90. The van der Waals surface area contributed by atoms with Gasteiger partial charge in [0.15, 0.2) is 0 Å². The summed E-state index contributed by atoms with van der Waals surface area (Å²) in [6.45, 7) is 0.460. The molecule has 1 aromatic carbocycles. The van der Waals surface area contributed by atoms with Gasteiger partial charge in [0, 0.05) is 37.3 Å². The highest BCUT2D eigenvalue weighted by atomic mass is 16.3. The molecule has 3 aromatic rings. The number of pyridine rings is 1. The number of fused-ring (bicyclic) bond motifs is 1. The van der Waals surface area contributed by atoms with E-state index < -0.39 is 11.5 Å². The second kappa shape index (κ2) is 6.48. The van der Waals surface area contributed by atoms with Crippen LogP contribution in [-0.2, 0) is 4.79 Å². The molecule has 8 nitrogen and oxygen atoms in total. The first-order valence-electron chi connectivity index (χ1n) is 8.63. The van der Waals surface area contributed by atoms with Gasteiger partial charge in [0.1, 0.15) is 17.2 Å². The maximum Gasteiger partial charge on any atom is 0.267 e. The van der Waals surface area contributed by atoms with Crippen molar-refractivity contribution in [2.45, 2.75) is 12.0 Å². The number of aromatic amines is 1. The number of aliphatic hydroxyl groups is 1. The number of nitrogen functional groups attached to an aromatic ring is 1. The van der Waals surface area contributed by atoms with Gasteiger partial charge >= 0.3 is 0 Å². The Morgan fingerprint density at radius 2 is 2.14 bits per heavy atom. The molecule has 3 heterocycles. The summed E-state index contributed by atoms with van der Waals surface area (Å²) in [4.78, 5) is 36.9. The minimum Gasteiger partial charge on any atom is -0.382 e. The zero-order chi connectivity index (χ0) is 19.9. The van der Waals surface area contributed by atoms with E-state index in [-0.39, 0.29) is 17.8 Å². The number of hydrogen-bond acceptors (Lipinski definition) is 6. The Morgan fingerprint density at radius 1 is 1.32 bits per heavy atom. The maximum absolute atomic E-state index is 12.3. The Kier molecular flexibility index (Phi) is 4.09. The molecule has 1 atom stereocenters. The number of hydrogen-bond donors (Lipinski definition) is 3. The van der Waals surface area contributed by atoms with Crippen molar-refractivity contribution in [2.24, 2.45) is 0 Å². The van der Waals surface area contributed by atoms with Crippen LogP contribution in [0.5, 0.6) is 0 Å². The highest BCUT2D eigenvalue weighted by Crippen LogP contribution is 2.22. The van der Waals surface area contributed by atoms with Gasteiger partial charge in [0.05, 0.1) is 5.39 Å². The molecular weight excluding hydrogens is 358 g/mol. The van der Waals surface area contributed by atoms with Gasteiger partial charge in [-0.1, -0.05) is 24.0 Å². The van der Waals surface area contributed by atoms with E-state index in [1.807, 2.05) is 0 Å². The molecule has 8 heteroatoms. The van der Waals surface area contributed by atoms with E-state index in [9.17, 15) is 14.7 Å². The van der Waals surface area contributed by atoms with E-state index in [1.54, 1.807) is 37.4 Å². The Hall–Kier alpha value is -3.70. The van der Waals surface area contributed by atoms with Gasteiger partial charge in [-0.25, -0.2) is 9.97 Å². The molecule has 0 bridgehead atoms. The third-order valence-electron chi connectivity index (χ3n) is 4.71. The molecule has 1 aliphatic rings. The summed E-state index contributed by atoms with van der Waals surface area (Å²) in [6.07, 6.45) is 1.72. The maximum atomic E-state index is 12.3. The second-order valence-corrected chi connectivity index (χ2v) is 6.67. The fourth-order valence-electron chi connectivity index (χ4n) is 3.11. The first-order chi connectivity index (χ1) is 13.4. The van der Waals surface area contributed by atoms with E-state index in [4.69, 9.17) is 5.73 Å². The quantitative estimate of drug-likeness (QED) is 0.532. The number of carbonyl (C=O) groups is 1. The molecule has 140 valence electrons. The Morgan fingerprint density at radius 3 is 2.89 bits per heavy atom. The molecule has 1 unspecified atom stereocenters. The summed E-state index contributed by atoms with van der Waals surface area (Å²) < 4.78 is 0. The van der Waals surface area contributed by atoms with Gasteiger partial charge in [-0.3, -0.25) is 9.59 Å². The van der Waals surface area contributed by atoms with Gasteiger partial charge in [-0.15, -0.1) is 0 Å². The number of nitrogens with zero attached hydrogens (tertiary/aromatic N) is 3. The first-order valence-corrected chi connectivity index (χ1v) is 8.63. The SMILES string of the molecule is CN1CCC(O)(C#Cc2cccc(-c3nc4c(N)nccc4c(=O)[nH]3)c2)C1=O. The van der Waals surface area contributed by atoms with Crippen LogP contribution in [0.15, 0.2) is 41.3 Å². The third-order valence-corrected chi connectivity index (χ3v) is 4.71. The number of aromatic nitrogens is 3. The van der Waals surface area contributed by atoms with Gasteiger partial charge < -0.3 is 20.7 Å². The summed E-state index contributed by atoms with van der Waals surface area (Å²) in [5, 5.41) is 10.8. The van der Waals surface area contributed by atoms with Crippen LogP contribution < -0.4 is 11.3 Å². The van der Waals surface area contributed by atoms with Crippen LogP contribution >= 0.6 is 0 Å². The standard InChI is InChI=1S/C20H17N5O3/c1-25-10-8-20(28,19(25)27)7-5-12-3-2-4-13(11-12)17-23-15-14(18(26)24-17)6-9-22-16(15)21/h2-4,6,9,11,28H,8,10H2,1H3,(H2,21,22)(H,23,24,26). The average Bonchev–Trinajstić information content (AvgIpc) is 2.95. The van der Waals surface area contributed by atoms with Crippen LogP contribution in [0, 0.1) is 11.8 Å². The average molecular weight is 375 g/mol. The molecule has 1 saturated heterocycles. The number of nitrogens with two attached hydrogens (primary N) is 1. The fraction of sp³-hybridized carbons (Fsp3) is 0.200. The lowest BCUT2D eigenvalue weighted by Gasteiger charge is -2.13. The van der Waals surface area contributed by atoms with Gasteiger partial charge in [0.25, 0.3) is 11.5 Å². The molecule has 1 fully saturated rings. The molecule has 0 radical (unpaired) electrons. The molecule has 0 spiro atoms. The van der Waals surface area contributed by atoms with Crippen molar-refractivity contribution in [3.05, 3.63) is 52.4 Å². The largest absolute Gasteiger partial charge is 0.382 e. The topological polar surface area (TPSA) is 125 Å². The smallest absolute Gasteiger partial charge is 0.267 e. The number of H-pyrrole nitrogens is 1. The number of likely N-dealkylation sites (tertiary alicyclic amines) is 1. The van der Waals surface area contributed by atoms with E-state index in [0.29, 0.717) is 34.4 Å². The van der Waals surface area contributed by atoms with Crippen molar-refractivity contribution >= 4 is 22.6 Å². The Bertz CT molecular complexity index is 1220. The summed E-state index contributed by atoms with van der Waals surface area (Å²) in [5.74, 6) is 5.62. The fourth-order valence-corrected chi connectivity index (χ4v) is 3.11. The van der Waals surface area contributed by atoms with Crippen LogP contribution in [0.4, 0.5) is 5.82 Å². The monoisotopic (exact) mass is 375 g/mol. The molecule has 28 heavy (non-hydrogen) atoms. The number of nitrogens with one attached hydrogen (secondary N) is 1. The lowest BCUT2D eigenvalue weighted by molar-refractivity contribution is -0.137. The number of anilines is 1. The Balaban J connectivity index is 1.74. The van der Waals surface area contributed by atoms with E-state index in [0.717, 1.165) is 0 Å². The molecule has 4 N–H and O–H groups in total. The number of carbonyl (C=O) groups excluding carboxylic acids is 1. The van der Waals surface area contributed by atoms with Crippen molar-refractivity contribution in [3.8, 4) is 23.2 Å². The lowest BCUT2D eigenvalue weighted by Crippen LogP contribution is -2.37. The van der Waals surface area contributed by atoms with Crippen molar-refractivity contribution in [1.29, 1.82) is 0 Å². The number of likely N-dealkylation sites (N-methyl/N-ethyl adjacent to an activating group) is 1. The minimum absolute atomic E-state index is 0.173. The summed E-state index contributed by atoms with van der Waals surface area (Å²) in [5.41, 5.74) is 5.39. The normalized spacial score (nSPS) is 18.9. The van der Waals surface area contributed by atoms with Crippen LogP contribution in [0.3, 0.4) is 0 Å². The first kappa shape index (κ1) is 17.7. The summed E-state index contributed by atoms with van der Waals surface area (Å²) in [7, 11) is 1.63. The van der Waals surface area contributed by atoms with Gasteiger partial charge in [-0.2, -0.15) is 0 Å². The summed E-state index contributed by atoms with van der Waals surface area (Å²) >= 11 is 0. The third kappa shape index (κ3) is 2.98. The lowest BCUT2D eigenvalue weighted by atomic mass is 10.0. The van der Waals surface area contributed by atoms with Crippen LogP contribution in [-0.4, -0.2) is 50.1 Å². The van der Waals surface area contributed by atoms with E-state index in [2.05, 4.69) is 26.8 Å². The molecule has 1 amide bonds.